The molecule has 0 aromatic rings. The lowest BCUT2D eigenvalue weighted by atomic mass is 9.79. The maximum Gasteiger partial charge on any atom is 0.0410 e. The van der Waals surface area contributed by atoms with E-state index < -0.39 is 0 Å². The molecule has 0 aliphatic heterocycles. The standard InChI is InChI=1S/C12H21N/c1-10(2)8-11-4-6-12(7-5-11)9-13-3/h11-12H,1,3-9H2,2H3. The van der Waals surface area contributed by atoms with Gasteiger partial charge in [0.2, 0.25) is 0 Å². The average Bonchev–Trinajstić information content (AvgIpc) is 2.08. The van der Waals surface area contributed by atoms with Crippen LogP contribution in [0.5, 0.6) is 0 Å². The van der Waals surface area contributed by atoms with Crippen molar-refractivity contribution in [3.8, 4) is 0 Å². The van der Waals surface area contributed by atoms with Crippen molar-refractivity contribution in [1.29, 1.82) is 0 Å². The molecule has 0 aromatic heterocycles. The van der Waals surface area contributed by atoms with Crippen LogP contribution in [0.4, 0.5) is 0 Å². The van der Waals surface area contributed by atoms with E-state index >= 15 is 0 Å². The van der Waals surface area contributed by atoms with E-state index in [0.717, 1.165) is 18.4 Å². The Morgan fingerprint density at radius 3 is 2.23 bits per heavy atom. The summed E-state index contributed by atoms with van der Waals surface area (Å²) in [6.07, 6.45) is 6.66. The van der Waals surface area contributed by atoms with Crippen LogP contribution in [0.3, 0.4) is 0 Å². The summed E-state index contributed by atoms with van der Waals surface area (Å²) in [6, 6.07) is 0. The van der Waals surface area contributed by atoms with Gasteiger partial charge >= 0.3 is 0 Å². The summed E-state index contributed by atoms with van der Waals surface area (Å²) in [5.41, 5.74) is 1.34. The lowest BCUT2D eigenvalue weighted by Crippen LogP contribution is -2.16. The Balaban J connectivity index is 2.22. The molecule has 0 aromatic carbocycles. The van der Waals surface area contributed by atoms with Gasteiger partial charge in [0, 0.05) is 6.54 Å². The Kier molecular flexibility index (Phi) is 4.20. The maximum atomic E-state index is 3.98. The van der Waals surface area contributed by atoms with Gasteiger partial charge in [0.25, 0.3) is 0 Å². The van der Waals surface area contributed by atoms with Gasteiger partial charge in [0.15, 0.2) is 0 Å². The van der Waals surface area contributed by atoms with E-state index in [1.807, 2.05) is 0 Å². The maximum absolute atomic E-state index is 3.98. The Morgan fingerprint density at radius 1 is 1.23 bits per heavy atom. The van der Waals surface area contributed by atoms with E-state index in [-0.39, 0.29) is 0 Å². The molecule has 74 valence electrons. The molecule has 0 saturated heterocycles. The van der Waals surface area contributed by atoms with Crippen LogP contribution in [0.1, 0.15) is 39.0 Å². The first kappa shape index (κ1) is 10.5. The van der Waals surface area contributed by atoms with Crippen molar-refractivity contribution in [3.63, 3.8) is 0 Å². The highest BCUT2D eigenvalue weighted by atomic mass is 14.7. The lowest BCUT2D eigenvalue weighted by Gasteiger charge is -2.27. The first-order chi connectivity index (χ1) is 6.22. The molecule has 1 heteroatoms. The molecule has 1 fully saturated rings. The molecule has 1 aliphatic carbocycles. The first-order valence-corrected chi connectivity index (χ1v) is 5.29. The fourth-order valence-corrected chi connectivity index (χ4v) is 2.29. The summed E-state index contributed by atoms with van der Waals surface area (Å²) in [7, 11) is 0. The molecular formula is C12H21N. The van der Waals surface area contributed by atoms with Crippen LogP contribution < -0.4 is 0 Å². The molecule has 13 heavy (non-hydrogen) atoms. The average molecular weight is 179 g/mol. The predicted molar refractivity (Wildman–Crippen MR) is 59.3 cm³/mol. The third-order valence-electron chi connectivity index (χ3n) is 2.99. The fourth-order valence-electron chi connectivity index (χ4n) is 2.29. The van der Waals surface area contributed by atoms with Gasteiger partial charge in [0.1, 0.15) is 0 Å². The number of allylic oxidation sites excluding steroid dienone is 1. The minimum Gasteiger partial charge on any atom is -0.301 e. The smallest absolute Gasteiger partial charge is 0.0410 e. The predicted octanol–water partition coefficient (Wildman–Crippen LogP) is 3.46. The van der Waals surface area contributed by atoms with Crippen LogP contribution in [-0.2, 0) is 0 Å². The number of hydrogen-bond donors (Lipinski definition) is 0. The van der Waals surface area contributed by atoms with E-state index in [2.05, 4.69) is 25.2 Å². The van der Waals surface area contributed by atoms with Crippen LogP contribution in [0.15, 0.2) is 17.1 Å². The molecule has 1 rings (SSSR count). The van der Waals surface area contributed by atoms with Crippen molar-refractivity contribution in [1.82, 2.24) is 0 Å². The van der Waals surface area contributed by atoms with Gasteiger partial charge in [-0.25, -0.2) is 0 Å². The summed E-state index contributed by atoms with van der Waals surface area (Å²) < 4.78 is 0. The Hall–Kier alpha value is -0.590. The summed E-state index contributed by atoms with van der Waals surface area (Å²) >= 11 is 0. The molecule has 1 saturated carbocycles. The summed E-state index contributed by atoms with van der Waals surface area (Å²) in [4.78, 5) is 3.98. The number of aliphatic imine (C=N–C) groups is 1. The van der Waals surface area contributed by atoms with Crippen molar-refractivity contribution in [2.75, 3.05) is 6.54 Å². The molecule has 0 unspecified atom stereocenters. The van der Waals surface area contributed by atoms with Crippen molar-refractivity contribution in [2.45, 2.75) is 39.0 Å². The third-order valence-corrected chi connectivity index (χ3v) is 2.99. The fraction of sp³-hybridized carbons (Fsp3) is 0.750. The van der Waals surface area contributed by atoms with Crippen LogP contribution in [0.2, 0.25) is 0 Å². The summed E-state index contributed by atoms with van der Waals surface area (Å²) in [6.45, 7) is 10.6. The highest BCUT2D eigenvalue weighted by molar-refractivity contribution is 5.23. The van der Waals surface area contributed by atoms with Crippen molar-refractivity contribution in [2.24, 2.45) is 16.8 Å². The zero-order chi connectivity index (χ0) is 9.68. The molecule has 0 atom stereocenters. The van der Waals surface area contributed by atoms with Gasteiger partial charge in [-0.2, -0.15) is 0 Å². The van der Waals surface area contributed by atoms with Crippen LogP contribution in [-0.4, -0.2) is 13.3 Å². The zero-order valence-corrected chi connectivity index (χ0v) is 8.76. The van der Waals surface area contributed by atoms with E-state index in [4.69, 9.17) is 0 Å². The minimum atomic E-state index is 0.818. The molecule has 0 N–H and O–H groups in total. The first-order valence-electron chi connectivity index (χ1n) is 5.29. The van der Waals surface area contributed by atoms with Gasteiger partial charge in [-0.05, 0) is 57.6 Å². The largest absolute Gasteiger partial charge is 0.301 e. The third kappa shape index (κ3) is 3.75. The zero-order valence-electron chi connectivity index (χ0n) is 8.76. The van der Waals surface area contributed by atoms with Crippen LogP contribution in [0.25, 0.3) is 0 Å². The Bertz CT molecular complexity index is 176. The van der Waals surface area contributed by atoms with Gasteiger partial charge in [-0.1, -0.05) is 5.57 Å². The second-order valence-electron chi connectivity index (χ2n) is 4.45. The SMILES string of the molecule is C=NCC1CCC(CC(=C)C)CC1. The number of rotatable bonds is 4. The minimum absolute atomic E-state index is 0.818. The van der Waals surface area contributed by atoms with Crippen LogP contribution >= 0.6 is 0 Å². The topological polar surface area (TPSA) is 12.4 Å². The molecule has 0 bridgehead atoms. The molecule has 0 amide bonds. The molecule has 0 radical (unpaired) electrons. The van der Waals surface area contributed by atoms with Gasteiger partial charge in [-0.3, -0.25) is 0 Å². The van der Waals surface area contributed by atoms with E-state index in [1.165, 1.54) is 37.7 Å². The van der Waals surface area contributed by atoms with Crippen molar-refractivity contribution >= 4 is 6.72 Å². The van der Waals surface area contributed by atoms with Gasteiger partial charge < -0.3 is 4.99 Å². The highest BCUT2D eigenvalue weighted by Crippen LogP contribution is 2.32. The Morgan fingerprint density at radius 2 is 1.77 bits per heavy atom. The normalized spacial score (nSPS) is 28.4. The highest BCUT2D eigenvalue weighted by Gasteiger charge is 2.20. The number of nitrogens with zero attached hydrogens (tertiary/aromatic N) is 1. The number of hydrogen-bond acceptors (Lipinski definition) is 1. The molecular weight excluding hydrogens is 158 g/mol. The molecule has 0 heterocycles. The van der Waals surface area contributed by atoms with E-state index in [0.29, 0.717) is 0 Å². The van der Waals surface area contributed by atoms with E-state index in [1.54, 1.807) is 0 Å². The van der Waals surface area contributed by atoms with Crippen molar-refractivity contribution < 1.29 is 0 Å². The van der Waals surface area contributed by atoms with Gasteiger partial charge in [0.05, 0.1) is 0 Å². The summed E-state index contributed by atoms with van der Waals surface area (Å²) in [5.74, 6) is 1.72. The summed E-state index contributed by atoms with van der Waals surface area (Å²) in [5, 5.41) is 0. The lowest BCUT2D eigenvalue weighted by molar-refractivity contribution is 0.279. The Labute approximate surface area is 82.0 Å². The monoisotopic (exact) mass is 179 g/mol. The van der Waals surface area contributed by atoms with E-state index in [9.17, 15) is 0 Å². The second-order valence-corrected chi connectivity index (χ2v) is 4.45. The second kappa shape index (κ2) is 5.21. The molecule has 0 spiro atoms. The van der Waals surface area contributed by atoms with Crippen LogP contribution in [0, 0.1) is 11.8 Å². The quantitative estimate of drug-likeness (QED) is 0.463. The molecule has 1 aliphatic rings. The van der Waals surface area contributed by atoms with Crippen molar-refractivity contribution in [3.05, 3.63) is 12.2 Å². The van der Waals surface area contributed by atoms with Gasteiger partial charge in [-0.15, -0.1) is 6.58 Å². The molecule has 1 nitrogen and oxygen atoms in total.